The molecule has 6 heteroatoms. The molecule has 0 fully saturated rings. The van der Waals surface area contributed by atoms with Crippen molar-refractivity contribution in [2.45, 2.75) is 39.2 Å². The smallest absolute Gasteiger partial charge is 0.0905 e. The van der Waals surface area contributed by atoms with Crippen molar-refractivity contribution in [1.82, 2.24) is 0 Å². The Morgan fingerprint density at radius 2 is 0.487 bits per heavy atom. The van der Waals surface area contributed by atoms with Crippen LogP contribution in [-0.4, -0.2) is 13.4 Å². The average molecular weight is 1060 g/mol. The molecule has 0 N–H and O–H groups in total. The third-order valence-corrected chi connectivity index (χ3v) is 21.1. The molecular weight excluding hydrogens is 1010 g/mol. The molecule has 0 aliphatic carbocycles. The van der Waals surface area contributed by atoms with Crippen molar-refractivity contribution in [3.63, 3.8) is 0 Å². The molecule has 0 saturated heterocycles. The predicted octanol–water partition coefficient (Wildman–Crippen LogP) is 16.2. The summed E-state index contributed by atoms with van der Waals surface area (Å²) in [6.07, 6.45) is 0. The molecule has 362 valence electrons. The Kier molecular flexibility index (Phi) is 11.3. The van der Waals surface area contributed by atoms with Gasteiger partial charge in [0.05, 0.1) is 0 Å². The average Bonchev–Trinajstić information content (AvgIpc) is 3.69. The topological polar surface area (TPSA) is 0 Å². The van der Waals surface area contributed by atoms with Gasteiger partial charge in [-0.1, -0.05) is 281 Å². The second-order valence-electron chi connectivity index (χ2n) is 20.6. The van der Waals surface area contributed by atoms with E-state index in [-0.39, 0.29) is 13.4 Å². The van der Waals surface area contributed by atoms with Gasteiger partial charge in [-0.25, -0.2) is 0 Å². The van der Waals surface area contributed by atoms with E-state index >= 15 is 0 Å². The molecule has 0 radical (unpaired) electrons. The van der Waals surface area contributed by atoms with Gasteiger partial charge in [0.15, 0.2) is 0 Å². The van der Waals surface area contributed by atoms with Crippen LogP contribution in [0.3, 0.4) is 0 Å². The third-order valence-electron chi connectivity index (χ3n) is 16.1. The SMILES string of the molecule is c1ccc(-c2cccc(-c3cc(-c4cccc(-c5ccccc5)c4)c4c5c3Sc3ccccc3B5c3cc(-c5cccc(-c6cc(-c7ccccc7)c7c8c6Sc6ccccc6B8c6ccccc6S7)c5)ccc3S4)c2)cc1. The van der Waals surface area contributed by atoms with Crippen LogP contribution in [0.2, 0.25) is 0 Å². The van der Waals surface area contributed by atoms with E-state index in [0.29, 0.717) is 0 Å². The maximum Gasteiger partial charge on any atom is 0.247 e. The Labute approximate surface area is 473 Å². The highest BCUT2D eigenvalue weighted by atomic mass is 32.2. The van der Waals surface area contributed by atoms with Crippen molar-refractivity contribution < 1.29 is 0 Å². The van der Waals surface area contributed by atoms with E-state index in [0.717, 1.165) is 0 Å². The first kappa shape index (κ1) is 46.3. The number of hydrogen-bond donors (Lipinski definition) is 0. The van der Waals surface area contributed by atoms with Gasteiger partial charge < -0.3 is 0 Å². The quantitative estimate of drug-likeness (QED) is 0.146. The van der Waals surface area contributed by atoms with Crippen molar-refractivity contribution >= 4 is 93.2 Å². The maximum atomic E-state index is 2.53. The van der Waals surface area contributed by atoms with E-state index in [9.17, 15) is 0 Å². The molecule has 16 rings (SSSR count). The highest BCUT2D eigenvalue weighted by Gasteiger charge is 2.42. The van der Waals surface area contributed by atoms with Crippen LogP contribution in [0.15, 0.2) is 306 Å². The fourth-order valence-electron chi connectivity index (χ4n) is 12.5. The molecule has 4 heterocycles. The lowest BCUT2D eigenvalue weighted by atomic mass is 9.36. The predicted molar refractivity (Wildman–Crippen MR) is 336 cm³/mol. The van der Waals surface area contributed by atoms with E-state index in [1.807, 2.05) is 47.0 Å². The first-order chi connectivity index (χ1) is 38.7. The summed E-state index contributed by atoms with van der Waals surface area (Å²) < 4.78 is 0. The van der Waals surface area contributed by atoms with E-state index in [1.54, 1.807) is 0 Å². The Bertz CT molecular complexity index is 4290. The van der Waals surface area contributed by atoms with Gasteiger partial charge in [-0.15, -0.1) is 0 Å². The summed E-state index contributed by atoms with van der Waals surface area (Å²) in [5.41, 5.74) is 25.8. The zero-order valence-electron chi connectivity index (χ0n) is 42.2. The monoisotopic (exact) mass is 1060 g/mol. The minimum Gasteiger partial charge on any atom is -0.0905 e. The van der Waals surface area contributed by atoms with Crippen LogP contribution in [0.25, 0.3) is 77.9 Å². The lowest BCUT2D eigenvalue weighted by Crippen LogP contribution is -2.58. The van der Waals surface area contributed by atoms with Gasteiger partial charge in [0, 0.05) is 39.2 Å². The zero-order valence-corrected chi connectivity index (χ0v) is 45.5. The third kappa shape index (κ3) is 7.68. The fourth-order valence-corrected chi connectivity index (χ4v) is 17.8. The van der Waals surface area contributed by atoms with Crippen LogP contribution in [0.5, 0.6) is 0 Å². The highest BCUT2D eigenvalue weighted by Crippen LogP contribution is 2.50. The number of benzene rings is 12. The summed E-state index contributed by atoms with van der Waals surface area (Å²) in [4.78, 5) is 10.7. The van der Waals surface area contributed by atoms with E-state index < -0.39 is 0 Å². The van der Waals surface area contributed by atoms with Gasteiger partial charge in [-0.2, -0.15) is 0 Å². The van der Waals surface area contributed by atoms with Gasteiger partial charge in [0.1, 0.15) is 0 Å². The molecule has 0 spiro atoms. The second kappa shape index (κ2) is 19.0. The van der Waals surface area contributed by atoms with Gasteiger partial charge >= 0.3 is 0 Å². The number of hydrogen-bond acceptors (Lipinski definition) is 4. The summed E-state index contributed by atoms with van der Waals surface area (Å²) in [6, 6.07) is 100. The lowest BCUT2D eigenvalue weighted by molar-refractivity contribution is 1.32. The molecule has 12 aromatic carbocycles. The van der Waals surface area contributed by atoms with Gasteiger partial charge in [0.25, 0.3) is 0 Å². The standard InChI is InChI=1S/C72H44B2S4/c1-4-19-45(20-5-1)48-25-16-28-52(39-48)57-44-58(53-29-17-26-49(40-53)46-21-6-2-7-22-46)72-68-71(57)77-65-36-15-12-33-61(65)74(68)62-42-51(37-38-66(62)78-72)50-27-18-30-54(41-50)56-43-55(47-23-8-3-9-24-47)69-67-70(56)76-64-35-14-11-32-60(64)73(67)59-31-10-13-34-63(59)75-69/h1-44H. The first-order valence-corrected chi connectivity index (χ1v) is 30.0. The Morgan fingerprint density at radius 3 is 0.910 bits per heavy atom. The van der Waals surface area contributed by atoms with Crippen molar-refractivity contribution in [2.75, 3.05) is 0 Å². The Hall–Kier alpha value is -7.83. The van der Waals surface area contributed by atoms with Crippen molar-refractivity contribution in [1.29, 1.82) is 0 Å². The lowest BCUT2D eigenvalue weighted by Gasteiger charge is -2.36. The van der Waals surface area contributed by atoms with Gasteiger partial charge in [-0.05, 0) is 143 Å². The summed E-state index contributed by atoms with van der Waals surface area (Å²) >= 11 is 7.79. The van der Waals surface area contributed by atoms with Crippen LogP contribution in [0.1, 0.15) is 0 Å². The van der Waals surface area contributed by atoms with Crippen LogP contribution < -0.4 is 32.8 Å². The first-order valence-electron chi connectivity index (χ1n) is 26.7. The Balaban J connectivity index is 0.876. The Morgan fingerprint density at radius 1 is 0.192 bits per heavy atom. The molecule has 0 bridgehead atoms. The van der Waals surface area contributed by atoms with E-state index in [1.165, 1.54) is 150 Å². The van der Waals surface area contributed by atoms with Crippen LogP contribution in [-0.2, 0) is 0 Å². The number of rotatable bonds is 7. The largest absolute Gasteiger partial charge is 0.247 e. The van der Waals surface area contributed by atoms with Crippen molar-refractivity contribution in [3.8, 4) is 77.9 Å². The van der Waals surface area contributed by atoms with Gasteiger partial charge in [-0.3, -0.25) is 0 Å². The molecular formula is C72H44B2S4. The summed E-state index contributed by atoms with van der Waals surface area (Å²) in [7, 11) is 0. The molecule has 4 aliphatic rings. The van der Waals surface area contributed by atoms with Crippen molar-refractivity contribution in [3.05, 3.63) is 267 Å². The summed E-state index contributed by atoms with van der Waals surface area (Å²) in [6.45, 7) is 0.187. The second-order valence-corrected chi connectivity index (χ2v) is 24.8. The van der Waals surface area contributed by atoms with E-state index in [2.05, 4.69) is 267 Å². The molecule has 0 unspecified atom stereocenters. The minimum absolute atomic E-state index is 0.0347. The molecule has 0 aromatic heterocycles. The normalized spacial score (nSPS) is 13.1. The maximum absolute atomic E-state index is 2.53. The van der Waals surface area contributed by atoms with Crippen LogP contribution in [0, 0.1) is 0 Å². The highest BCUT2D eigenvalue weighted by molar-refractivity contribution is 8.02. The molecule has 4 aliphatic heterocycles. The number of fused-ring (bicyclic) bond motifs is 8. The molecule has 0 nitrogen and oxygen atoms in total. The van der Waals surface area contributed by atoms with Crippen molar-refractivity contribution in [2.24, 2.45) is 0 Å². The fraction of sp³-hybridized carbons (Fsp3) is 0. The molecule has 0 amide bonds. The molecule has 0 atom stereocenters. The summed E-state index contributed by atoms with van der Waals surface area (Å²) in [5.74, 6) is 0. The van der Waals surface area contributed by atoms with Gasteiger partial charge in [0.2, 0.25) is 13.4 Å². The molecule has 0 saturated carbocycles. The van der Waals surface area contributed by atoms with E-state index in [4.69, 9.17) is 0 Å². The minimum atomic E-state index is 0.0347. The summed E-state index contributed by atoms with van der Waals surface area (Å²) in [5, 5.41) is 0. The molecule has 78 heavy (non-hydrogen) atoms. The van der Waals surface area contributed by atoms with Crippen LogP contribution >= 0.6 is 47.0 Å². The molecule has 12 aromatic rings. The van der Waals surface area contributed by atoms with Crippen LogP contribution in [0.4, 0.5) is 0 Å². The zero-order chi connectivity index (χ0) is 51.3.